The van der Waals surface area contributed by atoms with E-state index in [0.29, 0.717) is 23.1 Å². The first kappa shape index (κ1) is 16.5. The summed E-state index contributed by atoms with van der Waals surface area (Å²) in [5.41, 5.74) is 1.99. The Morgan fingerprint density at radius 3 is 2.70 bits per heavy atom. The summed E-state index contributed by atoms with van der Waals surface area (Å²) in [6, 6.07) is 9.46. The van der Waals surface area contributed by atoms with Crippen LogP contribution in [0.4, 0.5) is 5.69 Å². The SMILES string of the molecule is Clc1ccc(N(Cc2cccnc2)CC2OCCCO2)c(Cl)c1. The summed E-state index contributed by atoms with van der Waals surface area (Å²) in [6.45, 7) is 2.70. The molecule has 0 unspecified atom stereocenters. The van der Waals surface area contributed by atoms with Crippen molar-refractivity contribution in [3.8, 4) is 0 Å². The maximum atomic E-state index is 6.38. The Bertz CT molecular complexity index is 634. The summed E-state index contributed by atoms with van der Waals surface area (Å²) in [4.78, 5) is 6.30. The molecule has 0 atom stereocenters. The maximum absolute atomic E-state index is 6.38. The van der Waals surface area contributed by atoms with Crippen LogP contribution in [0, 0.1) is 0 Å². The van der Waals surface area contributed by atoms with Crippen molar-refractivity contribution in [1.82, 2.24) is 4.98 Å². The van der Waals surface area contributed by atoms with E-state index in [1.54, 1.807) is 12.3 Å². The molecule has 122 valence electrons. The zero-order chi connectivity index (χ0) is 16.1. The number of aromatic nitrogens is 1. The van der Waals surface area contributed by atoms with Crippen LogP contribution in [0.2, 0.25) is 10.0 Å². The summed E-state index contributed by atoms with van der Waals surface area (Å²) in [7, 11) is 0. The Hall–Kier alpha value is -1.33. The van der Waals surface area contributed by atoms with Crippen LogP contribution in [-0.4, -0.2) is 31.0 Å². The van der Waals surface area contributed by atoms with Crippen LogP contribution >= 0.6 is 23.2 Å². The average molecular weight is 353 g/mol. The lowest BCUT2D eigenvalue weighted by Gasteiger charge is -2.32. The summed E-state index contributed by atoms with van der Waals surface area (Å²) in [5.74, 6) is 0. The Labute approximate surface area is 145 Å². The van der Waals surface area contributed by atoms with Gasteiger partial charge in [-0.15, -0.1) is 0 Å². The highest BCUT2D eigenvalue weighted by molar-refractivity contribution is 6.36. The van der Waals surface area contributed by atoms with Crippen molar-refractivity contribution >= 4 is 28.9 Å². The van der Waals surface area contributed by atoms with E-state index in [1.165, 1.54) is 0 Å². The second kappa shape index (κ2) is 7.97. The van der Waals surface area contributed by atoms with E-state index in [0.717, 1.165) is 30.9 Å². The average Bonchev–Trinajstić information content (AvgIpc) is 2.56. The van der Waals surface area contributed by atoms with Crippen LogP contribution in [0.1, 0.15) is 12.0 Å². The van der Waals surface area contributed by atoms with Gasteiger partial charge >= 0.3 is 0 Å². The Balaban J connectivity index is 1.82. The van der Waals surface area contributed by atoms with Crippen LogP contribution in [0.25, 0.3) is 0 Å². The minimum atomic E-state index is -0.257. The minimum Gasteiger partial charge on any atom is -0.361 e. The van der Waals surface area contributed by atoms with E-state index in [4.69, 9.17) is 32.7 Å². The summed E-state index contributed by atoms with van der Waals surface area (Å²) >= 11 is 12.4. The molecule has 0 saturated carbocycles. The predicted octanol–water partition coefficient (Wildman–Crippen LogP) is 4.16. The molecule has 0 amide bonds. The number of rotatable bonds is 5. The number of hydrogen-bond acceptors (Lipinski definition) is 4. The summed E-state index contributed by atoms with van der Waals surface area (Å²) < 4.78 is 11.4. The van der Waals surface area contributed by atoms with Crippen LogP contribution in [0.15, 0.2) is 42.7 Å². The third kappa shape index (κ3) is 4.58. The molecule has 2 aromatic rings. The van der Waals surface area contributed by atoms with Gasteiger partial charge in [0.15, 0.2) is 6.29 Å². The second-order valence-corrected chi connectivity index (χ2v) is 6.21. The van der Waals surface area contributed by atoms with Gasteiger partial charge < -0.3 is 14.4 Å². The van der Waals surface area contributed by atoms with Gasteiger partial charge in [0, 0.05) is 24.0 Å². The van der Waals surface area contributed by atoms with Gasteiger partial charge in [0.05, 0.1) is 30.5 Å². The van der Waals surface area contributed by atoms with Gasteiger partial charge in [-0.1, -0.05) is 29.3 Å². The number of halogens is 2. The van der Waals surface area contributed by atoms with Crippen molar-refractivity contribution < 1.29 is 9.47 Å². The van der Waals surface area contributed by atoms with E-state index < -0.39 is 0 Å². The minimum absolute atomic E-state index is 0.257. The van der Waals surface area contributed by atoms with Crippen LogP contribution in [0.5, 0.6) is 0 Å². The zero-order valence-electron chi connectivity index (χ0n) is 12.6. The van der Waals surface area contributed by atoms with Crippen LogP contribution < -0.4 is 4.90 Å². The highest BCUT2D eigenvalue weighted by Crippen LogP contribution is 2.30. The summed E-state index contributed by atoms with van der Waals surface area (Å²) in [6.07, 6.45) is 4.28. The standard InChI is InChI=1S/C17H18Cl2N2O2/c18-14-4-5-16(15(19)9-14)21(11-13-3-1-6-20-10-13)12-17-22-7-2-8-23-17/h1,3-6,9-10,17H,2,7-8,11-12H2. The van der Waals surface area contributed by atoms with Crippen molar-refractivity contribution in [2.45, 2.75) is 19.3 Å². The predicted molar refractivity (Wildman–Crippen MR) is 92.1 cm³/mol. The first-order valence-electron chi connectivity index (χ1n) is 7.54. The molecule has 1 aliphatic rings. The molecule has 0 radical (unpaired) electrons. The fraction of sp³-hybridized carbons (Fsp3) is 0.353. The quantitative estimate of drug-likeness (QED) is 0.809. The fourth-order valence-corrected chi connectivity index (χ4v) is 3.05. The highest BCUT2D eigenvalue weighted by Gasteiger charge is 2.20. The van der Waals surface area contributed by atoms with Gasteiger partial charge in [0.1, 0.15) is 0 Å². The monoisotopic (exact) mass is 352 g/mol. The lowest BCUT2D eigenvalue weighted by Crippen LogP contribution is -2.38. The third-order valence-corrected chi connectivity index (χ3v) is 4.15. The molecule has 0 aliphatic carbocycles. The smallest absolute Gasteiger partial charge is 0.174 e. The van der Waals surface area contributed by atoms with E-state index in [2.05, 4.69) is 9.88 Å². The topological polar surface area (TPSA) is 34.6 Å². The van der Waals surface area contributed by atoms with E-state index in [1.807, 2.05) is 30.5 Å². The third-order valence-electron chi connectivity index (χ3n) is 3.61. The van der Waals surface area contributed by atoms with Gasteiger partial charge in [0.2, 0.25) is 0 Å². The van der Waals surface area contributed by atoms with Crippen LogP contribution in [0.3, 0.4) is 0 Å². The zero-order valence-corrected chi connectivity index (χ0v) is 14.1. The Morgan fingerprint density at radius 2 is 2.00 bits per heavy atom. The first-order valence-corrected chi connectivity index (χ1v) is 8.30. The molecule has 4 nitrogen and oxygen atoms in total. The van der Waals surface area contributed by atoms with Crippen LogP contribution in [-0.2, 0) is 16.0 Å². The summed E-state index contributed by atoms with van der Waals surface area (Å²) in [5, 5.41) is 1.22. The van der Waals surface area contributed by atoms with Crippen molar-refractivity contribution in [3.63, 3.8) is 0 Å². The number of pyridine rings is 1. The number of anilines is 1. The molecule has 3 rings (SSSR count). The molecule has 1 aromatic heterocycles. The molecule has 1 aliphatic heterocycles. The molecule has 0 N–H and O–H groups in total. The normalized spacial score (nSPS) is 15.6. The largest absolute Gasteiger partial charge is 0.361 e. The van der Waals surface area contributed by atoms with E-state index >= 15 is 0 Å². The fourth-order valence-electron chi connectivity index (χ4n) is 2.52. The molecule has 23 heavy (non-hydrogen) atoms. The molecule has 1 fully saturated rings. The highest BCUT2D eigenvalue weighted by atomic mass is 35.5. The van der Waals surface area contributed by atoms with Gasteiger partial charge in [-0.05, 0) is 36.2 Å². The first-order chi connectivity index (χ1) is 11.2. The molecular formula is C17H18Cl2N2O2. The molecule has 2 heterocycles. The maximum Gasteiger partial charge on any atom is 0.174 e. The van der Waals surface area contributed by atoms with Crippen molar-refractivity contribution in [2.75, 3.05) is 24.7 Å². The lowest BCUT2D eigenvalue weighted by molar-refractivity contribution is -0.172. The van der Waals surface area contributed by atoms with Gasteiger partial charge in [-0.2, -0.15) is 0 Å². The van der Waals surface area contributed by atoms with Gasteiger partial charge in [0.25, 0.3) is 0 Å². The number of ether oxygens (including phenoxy) is 2. The van der Waals surface area contributed by atoms with E-state index in [9.17, 15) is 0 Å². The number of hydrogen-bond donors (Lipinski definition) is 0. The van der Waals surface area contributed by atoms with Crippen molar-refractivity contribution in [1.29, 1.82) is 0 Å². The Kier molecular flexibility index (Phi) is 5.73. The van der Waals surface area contributed by atoms with Gasteiger partial charge in [-0.25, -0.2) is 0 Å². The van der Waals surface area contributed by atoms with Crippen molar-refractivity contribution in [3.05, 3.63) is 58.3 Å². The van der Waals surface area contributed by atoms with Gasteiger partial charge in [-0.3, -0.25) is 4.98 Å². The Morgan fingerprint density at radius 1 is 1.17 bits per heavy atom. The molecular weight excluding hydrogens is 335 g/mol. The molecule has 6 heteroatoms. The lowest BCUT2D eigenvalue weighted by atomic mass is 10.2. The van der Waals surface area contributed by atoms with E-state index in [-0.39, 0.29) is 6.29 Å². The second-order valence-electron chi connectivity index (χ2n) is 5.36. The number of benzene rings is 1. The number of nitrogens with zero attached hydrogens (tertiary/aromatic N) is 2. The van der Waals surface area contributed by atoms with Crippen molar-refractivity contribution in [2.24, 2.45) is 0 Å². The molecule has 0 spiro atoms. The molecule has 0 bridgehead atoms. The molecule has 1 saturated heterocycles. The molecule has 1 aromatic carbocycles.